The number of fused-ring (bicyclic) bond motifs is 3. The van der Waals surface area contributed by atoms with Crippen molar-refractivity contribution in [1.82, 2.24) is 4.57 Å². The molecule has 0 spiro atoms. The number of rotatable bonds is 6. The summed E-state index contributed by atoms with van der Waals surface area (Å²) in [6.07, 6.45) is 0. The van der Waals surface area contributed by atoms with Gasteiger partial charge in [-0.3, -0.25) is 0 Å². The van der Waals surface area contributed by atoms with Crippen molar-refractivity contribution in [3.63, 3.8) is 0 Å². The van der Waals surface area contributed by atoms with Gasteiger partial charge >= 0.3 is 0 Å². The molecule has 4 heteroatoms. The van der Waals surface area contributed by atoms with Gasteiger partial charge in [-0.2, -0.15) is 0 Å². The second kappa shape index (κ2) is 12.0. The maximum Gasteiger partial charge on any atom is 0.196 e. The third kappa shape index (κ3) is 4.55. The second-order valence-electron chi connectivity index (χ2n) is 11.9. The van der Waals surface area contributed by atoms with Gasteiger partial charge < -0.3 is 4.57 Å². The van der Waals surface area contributed by atoms with Crippen LogP contribution in [-0.2, 0) is 0 Å². The first-order valence-corrected chi connectivity index (χ1v) is 17.9. The van der Waals surface area contributed by atoms with Crippen LogP contribution in [0.15, 0.2) is 176 Å². The SMILES string of the molecule is [C-]#[N+]c1ccc2c(c1)c1ccccc1n2-c1ccc(-c2ccccc2[Si](c2ccccc2)(c2ccccc2)c2ccccc2)c([N+]#[C-])c1. The molecular weight excluding hydrogens is 599 g/mol. The minimum atomic E-state index is -2.84. The molecule has 8 rings (SSSR count). The number of para-hydroxylation sites is 1. The highest BCUT2D eigenvalue weighted by molar-refractivity contribution is 7.20. The first-order chi connectivity index (χ1) is 23.7. The lowest BCUT2D eigenvalue weighted by atomic mass is 10.0. The molecule has 224 valence electrons. The van der Waals surface area contributed by atoms with Crippen molar-refractivity contribution in [2.75, 3.05) is 0 Å². The molecule has 0 aliphatic rings. The van der Waals surface area contributed by atoms with Gasteiger partial charge in [0.05, 0.1) is 24.2 Å². The maximum atomic E-state index is 8.45. The number of aromatic nitrogens is 1. The Hall–Kier alpha value is -6.46. The van der Waals surface area contributed by atoms with E-state index in [-0.39, 0.29) is 0 Å². The van der Waals surface area contributed by atoms with E-state index >= 15 is 0 Å². The van der Waals surface area contributed by atoms with E-state index in [2.05, 4.69) is 154 Å². The molecular formula is C44H29N3Si. The highest BCUT2D eigenvalue weighted by atomic mass is 28.3. The molecule has 7 aromatic carbocycles. The fourth-order valence-corrected chi connectivity index (χ4v) is 12.3. The van der Waals surface area contributed by atoms with Crippen LogP contribution in [0.2, 0.25) is 0 Å². The standard InChI is InChI=1S/C44H29N3Si/c1-45-32-26-29-43-40(30-32)38-22-12-14-24-42(38)47(43)33-27-28-37(41(31-33)46-2)39-23-13-15-25-44(39)48(34-16-6-3-7-17-34,35-18-8-4-9-19-35)36-20-10-5-11-21-36/h3-31H. The topological polar surface area (TPSA) is 13.6 Å². The zero-order valence-corrected chi connectivity index (χ0v) is 27.1. The quantitative estimate of drug-likeness (QED) is 0.0993. The smallest absolute Gasteiger partial charge is 0.196 e. The number of benzene rings is 7. The van der Waals surface area contributed by atoms with Crippen molar-refractivity contribution in [3.8, 4) is 16.8 Å². The summed E-state index contributed by atoms with van der Waals surface area (Å²) < 4.78 is 2.21. The Morgan fingerprint density at radius 3 is 1.62 bits per heavy atom. The van der Waals surface area contributed by atoms with E-state index in [9.17, 15) is 0 Å². The molecule has 0 atom stereocenters. The summed E-state index contributed by atoms with van der Waals surface area (Å²) >= 11 is 0. The van der Waals surface area contributed by atoms with Crippen LogP contribution in [0.1, 0.15) is 0 Å². The molecule has 48 heavy (non-hydrogen) atoms. The molecule has 0 fully saturated rings. The van der Waals surface area contributed by atoms with Gasteiger partial charge in [0.25, 0.3) is 0 Å². The summed E-state index contributed by atoms with van der Waals surface area (Å²) in [6, 6.07) is 61.7. The Morgan fingerprint density at radius 2 is 1.00 bits per heavy atom. The molecule has 8 aromatic rings. The van der Waals surface area contributed by atoms with Crippen molar-refractivity contribution in [3.05, 3.63) is 199 Å². The molecule has 0 amide bonds. The highest BCUT2D eigenvalue weighted by Gasteiger charge is 2.42. The van der Waals surface area contributed by atoms with Crippen molar-refractivity contribution in [2.24, 2.45) is 0 Å². The van der Waals surface area contributed by atoms with Crippen LogP contribution in [-0.4, -0.2) is 12.6 Å². The van der Waals surface area contributed by atoms with E-state index < -0.39 is 8.07 Å². The lowest BCUT2D eigenvalue weighted by Gasteiger charge is -2.36. The van der Waals surface area contributed by atoms with Gasteiger partial charge in [-0.15, -0.1) is 0 Å². The van der Waals surface area contributed by atoms with Crippen LogP contribution in [0, 0.1) is 13.1 Å². The second-order valence-corrected chi connectivity index (χ2v) is 15.6. The Balaban J connectivity index is 1.40. The third-order valence-electron chi connectivity index (χ3n) is 9.39. The lowest BCUT2D eigenvalue weighted by molar-refractivity contribution is 1.18. The first-order valence-electron chi connectivity index (χ1n) is 15.9. The van der Waals surface area contributed by atoms with Crippen molar-refractivity contribution >= 4 is 62.0 Å². The molecule has 0 N–H and O–H groups in total. The van der Waals surface area contributed by atoms with Gasteiger partial charge in [0.2, 0.25) is 0 Å². The fourth-order valence-electron chi connectivity index (χ4n) is 7.36. The number of nitrogens with zero attached hydrogens (tertiary/aromatic N) is 3. The molecule has 0 saturated heterocycles. The molecule has 0 aliphatic carbocycles. The minimum absolute atomic E-state index is 0.598. The third-order valence-corrected chi connectivity index (χ3v) is 14.2. The van der Waals surface area contributed by atoms with Crippen LogP contribution in [0.5, 0.6) is 0 Å². The Labute approximate surface area is 281 Å². The average Bonchev–Trinajstić information content (AvgIpc) is 3.50. The molecule has 0 unspecified atom stereocenters. The maximum absolute atomic E-state index is 8.45. The van der Waals surface area contributed by atoms with Crippen molar-refractivity contribution in [1.29, 1.82) is 0 Å². The van der Waals surface area contributed by atoms with Crippen molar-refractivity contribution in [2.45, 2.75) is 0 Å². The van der Waals surface area contributed by atoms with E-state index in [1.54, 1.807) is 0 Å². The first kappa shape index (κ1) is 29.0. The fraction of sp³-hybridized carbons (Fsp3) is 0. The minimum Gasteiger partial charge on any atom is -0.311 e. The Bertz CT molecular complexity index is 2430. The van der Waals surface area contributed by atoms with Crippen LogP contribution in [0.3, 0.4) is 0 Å². The summed E-state index contributed by atoms with van der Waals surface area (Å²) in [5.74, 6) is 0. The van der Waals surface area contributed by atoms with Crippen LogP contribution in [0.25, 0.3) is 48.3 Å². The molecule has 0 saturated carbocycles. The van der Waals surface area contributed by atoms with Gasteiger partial charge in [-0.1, -0.05) is 146 Å². The van der Waals surface area contributed by atoms with E-state index in [1.165, 1.54) is 20.7 Å². The molecule has 3 nitrogen and oxygen atoms in total. The van der Waals surface area contributed by atoms with Crippen molar-refractivity contribution < 1.29 is 0 Å². The highest BCUT2D eigenvalue weighted by Crippen LogP contribution is 2.38. The molecule has 1 heterocycles. The zero-order chi connectivity index (χ0) is 32.5. The van der Waals surface area contributed by atoms with Crippen LogP contribution >= 0.6 is 0 Å². The zero-order valence-electron chi connectivity index (χ0n) is 26.1. The van der Waals surface area contributed by atoms with Gasteiger partial charge in [-0.25, -0.2) is 9.69 Å². The lowest BCUT2D eigenvalue weighted by Crippen LogP contribution is -2.75. The largest absolute Gasteiger partial charge is 0.311 e. The summed E-state index contributed by atoms with van der Waals surface area (Å²) in [7, 11) is -2.84. The average molecular weight is 628 g/mol. The van der Waals surface area contributed by atoms with E-state index in [4.69, 9.17) is 13.1 Å². The van der Waals surface area contributed by atoms with Crippen LogP contribution in [0.4, 0.5) is 11.4 Å². The number of hydrogen-bond donors (Lipinski definition) is 0. The summed E-state index contributed by atoms with van der Waals surface area (Å²) in [5, 5.41) is 7.23. The van der Waals surface area contributed by atoms with E-state index in [0.29, 0.717) is 11.4 Å². The molecule has 0 radical (unpaired) electrons. The molecule has 0 aliphatic heterocycles. The van der Waals surface area contributed by atoms with Crippen LogP contribution < -0.4 is 20.7 Å². The van der Waals surface area contributed by atoms with E-state index in [1.807, 2.05) is 36.4 Å². The predicted molar refractivity (Wildman–Crippen MR) is 202 cm³/mol. The predicted octanol–water partition coefficient (Wildman–Crippen LogP) is 8.93. The normalized spacial score (nSPS) is 11.3. The number of hydrogen-bond acceptors (Lipinski definition) is 0. The Kier molecular flexibility index (Phi) is 7.27. The Morgan fingerprint density at radius 1 is 0.438 bits per heavy atom. The van der Waals surface area contributed by atoms with Gasteiger partial charge in [0.1, 0.15) is 0 Å². The van der Waals surface area contributed by atoms with Gasteiger partial charge in [0.15, 0.2) is 19.4 Å². The molecule has 1 aromatic heterocycles. The monoisotopic (exact) mass is 627 g/mol. The van der Waals surface area contributed by atoms with E-state index in [0.717, 1.165) is 38.6 Å². The summed E-state index contributed by atoms with van der Waals surface area (Å²) in [4.78, 5) is 7.84. The summed E-state index contributed by atoms with van der Waals surface area (Å²) in [6.45, 7) is 16.0. The van der Waals surface area contributed by atoms with Gasteiger partial charge in [0, 0.05) is 11.1 Å². The summed E-state index contributed by atoms with van der Waals surface area (Å²) in [5.41, 5.74) is 6.17. The van der Waals surface area contributed by atoms with Gasteiger partial charge in [-0.05, 0) is 67.6 Å². The molecule has 0 bridgehead atoms.